The van der Waals surface area contributed by atoms with Gasteiger partial charge in [0, 0.05) is 0 Å². The van der Waals surface area contributed by atoms with Crippen LogP contribution >= 0.6 is 0 Å². The Hall–Kier alpha value is -2.40. The molecule has 8 heteroatoms. The quantitative estimate of drug-likeness (QED) is 0.752. The van der Waals surface area contributed by atoms with E-state index >= 15 is 0 Å². The molecule has 0 radical (unpaired) electrons. The van der Waals surface area contributed by atoms with Crippen molar-refractivity contribution in [2.24, 2.45) is 5.92 Å². The Balaban J connectivity index is 1.66. The molecular weight excluding hydrogens is 379 g/mol. The van der Waals surface area contributed by atoms with Gasteiger partial charge in [0.05, 0.1) is 24.0 Å². The summed E-state index contributed by atoms with van der Waals surface area (Å²) < 4.78 is 43.4. The number of alkyl halides is 3. The number of nitrogens with one attached hydrogen (secondary N) is 1. The van der Waals surface area contributed by atoms with E-state index < -0.39 is 23.8 Å². The maximum absolute atomic E-state index is 14.0. The number of hydrogen-bond acceptors (Lipinski definition) is 4. The van der Waals surface area contributed by atoms with Crippen LogP contribution in [0.2, 0.25) is 0 Å². The maximum Gasteiger partial charge on any atom is 0.407 e. The minimum absolute atomic E-state index is 0.0553. The third-order valence-electron chi connectivity index (χ3n) is 6.13. The van der Waals surface area contributed by atoms with Gasteiger partial charge in [0.2, 0.25) is 0 Å². The monoisotopic (exact) mass is 403 g/mol. The molecule has 2 fully saturated rings. The number of halogens is 3. The summed E-state index contributed by atoms with van der Waals surface area (Å²) in [6.45, 7) is 0. The van der Waals surface area contributed by atoms with E-state index in [0.717, 1.165) is 32.1 Å². The van der Waals surface area contributed by atoms with Gasteiger partial charge in [-0.3, -0.25) is 5.32 Å². The number of nitrogens with zero attached hydrogens (tertiary/aromatic N) is 4. The second-order valence-corrected chi connectivity index (χ2v) is 8.16. The molecule has 0 aliphatic heterocycles. The van der Waals surface area contributed by atoms with Crippen molar-refractivity contribution in [3.8, 4) is 6.07 Å². The first kappa shape index (κ1) is 19.9. The predicted octanol–water partition coefficient (Wildman–Crippen LogP) is 4.81. The second kappa shape index (κ2) is 7.79. The van der Waals surface area contributed by atoms with Crippen molar-refractivity contribution >= 4 is 0 Å². The molecule has 0 amide bonds. The van der Waals surface area contributed by atoms with Crippen LogP contribution < -0.4 is 5.32 Å². The van der Waals surface area contributed by atoms with E-state index in [1.165, 1.54) is 16.8 Å². The van der Waals surface area contributed by atoms with Gasteiger partial charge < -0.3 is 0 Å². The summed E-state index contributed by atoms with van der Waals surface area (Å²) in [4.78, 5) is 0. The number of aromatic nitrogens is 3. The largest absolute Gasteiger partial charge is 0.407 e. The smallest absolute Gasteiger partial charge is 0.294 e. The molecular formula is C21H24F3N5. The van der Waals surface area contributed by atoms with Crippen LogP contribution in [0.5, 0.6) is 0 Å². The van der Waals surface area contributed by atoms with Gasteiger partial charge >= 0.3 is 6.18 Å². The lowest BCUT2D eigenvalue weighted by atomic mass is 9.82. The summed E-state index contributed by atoms with van der Waals surface area (Å²) in [5, 5.41) is 20.6. The van der Waals surface area contributed by atoms with Crippen molar-refractivity contribution in [2.75, 3.05) is 0 Å². The maximum atomic E-state index is 14.0. The molecule has 4 rings (SSSR count). The summed E-state index contributed by atoms with van der Waals surface area (Å²) in [5.41, 5.74) is -0.00177. The van der Waals surface area contributed by atoms with E-state index in [4.69, 9.17) is 0 Å². The molecule has 2 aliphatic rings. The molecule has 1 heterocycles. The van der Waals surface area contributed by atoms with E-state index in [1.54, 1.807) is 24.4 Å². The normalized spacial score (nSPS) is 21.3. The van der Waals surface area contributed by atoms with Crippen LogP contribution in [-0.2, 0) is 5.54 Å². The SMILES string of the molecule is N#CC1(n2cc(C(NC(c3ccccc3)C(F)(F)F)C3CCCCC3)nn2)CC1. The van der Waals surface area contributed by atoms with Crippen molar-refractivity contribution in [1.82, 2.24) is 20.3 Å². The van der Waals surface area contributed by atoms with E-state index in [-0.39, 0.29) is 11.5 Å². The highest BCUT2D eigenvalue weighted by atomic mass is 19.4. The van der Waals surface area contributed by atoms with Crippen molar-refractivity contribution < 1.29 is 13.2 Å². The Morgan fingerprint density at radius 1 is 1.14 bits per heavy atom. The molecule has 5 nitrogen and oxygen atoms in total. The van der Waals surface area contributed by atoms with Gasteiger partial charge in [-0.1, -0.05) is 54.8 Å². The van der Waals surface area contributed by atoms with Gasteiger partial charge in [0.15, 0.2) is 5.54 Å². The van der Waals surface area contributed by atoms with Crippen molar-refractivity contribution in [3.05, 3.63) is 47.8 Å². The molecule has 0 spiro atoms. The first-order chi connectivity index (χ1) is 13.9. The van der Waals surface area contributed by atoms with Gasteiger partial charge in [-0.05, 0) is 37.2 Å². The summed E-state index contributed by atoms with van der Waals surface area (Å²) in [5.74, 6) is 0.0553. The van der Waals surface area contributed by atoms with Gasteiger partial charge in [-0.15, -0.1) is 5.10 Å². The van der Waals surface area contributed by atoms with Crippen LogP contribution in [0.1, 0.15) is 68.3 Å². The minimum atomic E-state index is -4.44. The van der Waals surface area contributed by atoms with Crippen molar-refractivity contribution in [1.29, 1.82) is 5.26 Å². The van der Waals surface area contributed by atoms with Crippen LogP contribution in [0.25, 0.3) is 0 Å². The third-order valence-corrected chi connectivity index (χ3v) is 6.13. The Kier molecular flexibility index (Phi) is 5.34. The molecule has 2 saturated carbocycles. The molecule has 2 unspecified atom stereocenters. The minimum Gasteiger partial charge on any atom is -0.294 e. The highest BCUT2D eigenvalue weighted by Crippen LogP contribution is 2.44. The highest BCUT2D eigenvalue weighted by molar-refractivity contribution is 5.22. The Labute approximate surface area is 167 Å². The summed E-state index contributed by atoms with van der Waals surface area (Å²) in [6, 6.07) is 7.83. The molecule has 2 aliphatic carbocycles. The lowest BCUT2D eigenvalue weighted by molar-refractivity contribution is -0.161. The summed E-state index contributed by atoms with van der Waals surface area (Å²) in [7, 11) is 0. The number of benzene rings is 1. The van der Waals surface area contributed by atoms with Gasteiger partial charge in [-0.2, -0.15) is 18.4 Å². The molecule has 1 N–H and O–H groups in total. The number of nitriles is 1. The first-order valence-electron chi connectivity index (χ1n) is 10.1. The van der Waals surface area contributed by atoms with Crippen LogP contribution in [0, 0.1) is 17.2 Å². The topological polar surface area (TPSA) is 66.5 Å². The Morgan fingerprint density at radius 3 is 2.41 bits per heavy atom. The summed E-state index contributed by atoms with van der Waals surface area (Å²) >= 11 is 0. The average molecular weight is 403 g/mol. The van der Waals surface area contributed by atoms with E-state index in [2.05, 4.69) is 21.7 Å². The fourth-order valence-corrected chi connectivity index (χ4v) is 4.27. The van der Waals surface area contributed by atoms with E-state index in [1.807, 2.05) is 0 Å². The fourth-order valence-electron chi connectivity index (χ4n) is 4.27. The Bertz CT molecular complexity index is 860. The number of hydrogen-bond donors (Lipinski definition) is 1. The third kappa shape index (κ3) is 4.15. The van der Waals surface area contributed by atoms with Crippen molar-refractivity contribution in [3.63, 3.8) is 0 Å². The van der Waals surface area contributed by atoms with E-state index in [0.29, 0.717) is 18.5 Å². The van der Waals surface area contributed by atoms with Gasteiger partial charge in [-0.25, -0.2) is 4.68 Å². The number of rotatable bonds is 6. The standard InChI is InChI=1S/C21H24F3N5/c22-21(23,24)19(16-9-5-2-6-10-16)26-18(15-7-3-1-4-8-15)17-13-29(28-27-17)20(14-25)11-12-20/h2,5-6,9-10,13,15,18-19,26H,1,3-4,7-8,11-12H2. The van der Waals surface area contributed by atoms with Crippen LogP contribution in [-0.4, -0.2) is 21.2 Å². The molecule has 2 atom stereocenters. The van der Waals surface area contributed by atoms with Crippen molar-refractivity contribution in [2.45, 2.75) is 68.7 Å². The molecule has 154 valence electrons. The fraction of sp³-hybridized carbons (Fsp3) is 0.571. The zero-order chi connectivity index (χ0) is 20.5. The lowest BCUT2D eigenvalue weighted by Gasteiger charge is -2.34. The summed E-state index contributed by atoms with van der Waals surface area (Å²) in [6.07, 6.45) is 3.44. The van der Waals surface area contributed by atoms with E-state index in [9.17, 15) is 18.4 Å². The van der Waals surface area contributed by atoms with Crippen LogP contribution in [0.3, 0.4) is 0 Å². The molecule has 0 saturated heterocycles. The molecule has 1 aromatic heterocycles. The first-order valence-corrected chi connectivity index (χ1v) is 10.1. The van der Waals surface area contributed by atoms with Crippen LogP contribution in [0.15, 0.2) is 36.5 Å². The molecule has 0 bridgehead atoms. The molecule has 2 aromatic rings. The van der Waals surface area contributed by atoms with Crippen LogP contribution in [0.4, 0.5) is 13.2 Å². The van der Waals surface area contributed by atoms with Gasteiger partial charge in [0.1, 0.15) is 6.04 Å². The predicted molar refractivity (Wildman–Crippen MR) is 101 cm³/mol. The lowest BCUT2D eigenvalue weighted by Crippen LogP contribution is -2.40. The second-order valence-electron chi connectivity index (χ2n) is 8.16. The Morgan fingerprint density at radius 2 is 1.83 bits per heavy atom. The highest BCUT2D eigenvalue weighted by Gasteiger charge is 2.48. The zero-order valence-corrected chi connectivity index (χ0v) is 16.1. The average Bonchev–Trinajstić information content (AvgIpc) is 3.38. The zero-order valence-electron chi connectivity index (χ0n) is 16.1. The molecule has 29 heavy (non-hydrogen) atoms. The molecule has 1 aromatic carbocycles. The van der Waals surface area contributed by atoms with Gasteiger partial charge in [0.25, 0.3) is 0 Å².